The highest BCUT2D eigenvalue weighted by atomic mass is 32.1. The first-order valence-electron chi connectivity index (χ1n) is 5.89. The van der Waals surface area contributed by atoms with Crippen molar-refractivity contribution in [3.63, 3.8) is 0 Å². The summed E-state index contributed by atoms with van der Waals surface area (Å²) in [6.07, 6.45) is 2.35. The molecular formula is C11H25N3OS. The first kappa shape index (κ1) is 15.6. The molecule has 0 fully saturated rings. The first-order chi connectivity index (χ1) is 7.70. The van der Waals surface area contributed by atoms with Crippen LogP contribution in [0, 0.1) is 0 Å². The standard InChI is InChI=1S/C11H25N3OS/c1-4-5-6-12-11(16)13-7-8-14(2)9-10-15-3/h4-10H2,1-3H3,(H2,12,13,16). The molecule has 0 radical (unpaired) electrons. The lowest BCUT2D eigenvalue weighted by Gasteiger charge is -2.17. The minimum absolute atomic E-state index is 0.758. The summed E-state index contributed by atoms with van der Waals surface area (Å²) in [5.41, 5.74) is 0. The van der Waals surface area contributed by atoms with Gasteiger partial charge >= 0.3 is 0 Å². The number of hydrogen-bond donors (Lipinski definition) is 2. The highest BCUT2D eigenvalue weighted by molar-refractivity contribution is 7.80. The molecule has 16 heavy (non-hydrogen) atoms. The van der Waals surface area contributed by atoms with Gasteiger partial charge in [0.1, 0.15) is 0 Å². The number of thiocarbonyl (C=S) groups is 1. The highest BCUT2D eigenvalue weighted by Crippen LogP contribution is 1.83. The van der Waals surface area contributed by atoms with Gasteiger partial charge in [-0.05, 0) is 25.7 Å². The van der Waals surface area contributed by atoms with E-state index in [1.807, 2.05) is 0 Å². The van der Waals surface area contributed by atoms with E-state index in [1.54, 1.807) is 7.11 Å². The Morgan fingerprint density at radius 1 is 1.25 bits per heavy atom. The molecule has 0 amide bonds. The second-order valence-corrected chi connectivity index (χ2v) is 4.24. The summed E-state index contributed by atoms with van der Waals surface area (Å²) in [4.78, 5) is 2.21. The molecule has 5 heteroatoms. The molecule has 0 heterocycles. The number of unbranched alkanes of at least 4 members (excludes halogenated alkanes) is 1. The Balaban J connectivity index is 3.32. The molecule has 0 aromatic rings. The van der Waals surface area contributed by atoms with Crippen molar-refractivity contribution in [2.45, 2.75) is 19.8 Å². The van der Waals surface area contributed by atoms with E-state index >= 15 is 0 Å². The third-order valence-corrected chi connectivity index (χ3v) is 2.56. The van der Waals surface area contributed by atoms with Crippen LogP contribution in [-0.4, -0.2) is 57.0 Å². The zero-order valence-corrected chi connectivity index (χ0v) is 11.5. The van der Waals surface area contributed by atoms with E-state index < -0.39 is 0 Å². The average Bonchev–Trinajstić information content (AvgIpc) is 2.26. The molecule has 2 N–H and O–H groups in total. The Morgan fingerprint density at radius 2 is 1.94 bits per heavy atom. The molecule has 0 saturated heterocycles. The summed E-state index contributed by atoms with van der Waals surface area (Å²) in [6.45, 7) is 6.70. The van der Waals surface area contributed by atoms with Crippen LogP contribution in [0.4, 0.5) is 0 Å². The maximum absolute atomic E-state index is 5.14. The predicted octanol–water partition coefficient (Wildman–Crippen LogP) is 0.829. The van der Waals surface area contributed by atoms with E-state index in [9.17, 15) is 0 Å². The van der Waals surface area contributed by atoms with Gasteiger partial charge in [-0.15, -0.1) is 0 Å². The summed E-state index contributed by atoms with van der Waals surface area (Å²) in [6, 6.07) is 0. The van der Waals surface area contributed by atoms with Crippen molar-refractivity contribution in [3.8, 4) is 0 Å². The van der Waals surface area contributed by atoms with Crippen LogP contribution in [0.25, 0.3) is 0 Å². The monoisotopic (exact) mass is 247 g/mol. The van der Waals surface area contributed by atoms with Gasteiger partial charge in [0, 0.05) is 33.3 Å². The quantitative estimate of drug-likeness (QED) is 0.466. The lowest BCUT2D eigenvalue weighted by molar-refractivity contribution is 0.162. The Labute approximate surface area is 105 Å². The maximum atomic E-state index is 5.14. The van der Waals surface area contributed by atoms with Gasteiger partial charge in [0.25, 0.3) is 0 Å². The minimum atomic E-state index is 0.758. The fourth-order valence-corrected chi connectivity index (χ4v) is 1.36. The zero-order valence-electron chi connectivity index (χ0n) is 10.7. The molecule has 0 rings (SSSR count). The Kier molecular flexibility index (Phi) is 10.8. The van der Waals surface area contributed by atoms with Gasteiger partial charge in [0.2, 0.25) is 0 Å². The van der Waals surface area contributed by atoms with Crippen LogP contribution < -0.4 is 10.6 Å². The molecule has 4 nitrogen and oxygen atoms in total. The van der Waals surface area contributed by atoms with Gasteiger partial charge in [-0.1, -0.05) is 13.3 Å². The van der Waals surface area contributed by atoms with Gasteiger partial charge in [-0.3, -0.25) is 0 Å². The van der Waals surface area contributed by atoms with Crippen LogP contribution in [0.2, 0.25) is 0 Å². The van der Waals surface area contributed by atoms with Crippen molar-refractivity contribution in [3.05, 3.63) is 0 Å². The number of methoxy groups -OCH3 is 1. The molecule has 0 spiro atoms. The zero-order chi connectivity index (χ0) is 12.2. The summed E-state index contributed by atoms with van der Waals surface area (Å²) in [7, 11) is 3.80. The number of nitrogens with zero attached hydrogens (tertiary/aromatic N) is 1. The van der Waals surface area contributed by atoms with Crippen molar-refractivity contribution >= 4 is 17.3 Å². The van der Waals surface area contributed by atoms with Gasteiger partial charge in [-0.25, -0.2) is 0 Å². The second kappa shape index (κ2) is 11.1. The molecular weight excluding hydrogens is 222 g/mol. The summed E-state index contributed by atoms with van der Waals surface area (Å²) < 4.78 is 5.01. The molecule has 96 valence electrons. The van der Waals surface area contributed by atoms with Crippen LogP contribution in [0.15, 0.2) is 0 Å². The second-order valence-electron chi connectivity index (χ2n) is 3.83. The van der Waals surface area contributed by atoms with Crippen molar-refractivity contribution in [1.82, 2.24) is 15.5 Å². The van der Waals surface area contributed by atoms with Gasteiger partial charge in [0.15, 0.2) is 5.11 Å². The molecule has 0 aliphatic carbocycles. The van der Waals surface area contributed by atoms with Gasteiger partial charge < -0.3 is 20.3 Å². The number of rotatable bonds is 9. The van der Waals surface area contributed by atoms with Crippen molar-refractivity contribution < 1.29 is 4.74 Å². The van der Waals surface area contributed by atoms with Crippen molar-refractivity contribution in [2.75, 3.05) is 46.9 Å². The molecule has 0 aliphatic heterocycles. The Bertz CT molecular complexity index is 179. The highest BCUT2D eigenvalue weighted by Gasteiger charge is 1.98. The summed E-state index contributed by atoms with van der Waals surface area (Å²) >= 11 is 5.14. The van der Waals surface area contributed by atoms with Crippen LogP contribution in [0.5, 0.6) is 0 Å². The predicted molar refractivity (Wildman–Crippen MR) is 72.9 cm³/mol. The van der Waals surface area contributed by atoms with E-state index in [1.165, 1.54) is 6.42 Å². The largest absolute Gasteiger partial charge is 0.383 e. The lowest BCUT2D eigenvalue weighted by Crippen LogP contribution is -2.40. The topological polar surface area (TPSA) is 36.5 Å². The third kappa shape index (κ3) is 10.1. The van der Waals surface area contributed by atoms with E-state index in [0.717, 1.165) is 44.3 Å². The molecule has 0 aliphatic rings. The van der Waals surface area contributed by atoms with E-state index in [-0.39, 0.29) is 0 Å². The van der Waals surface area contributed by atoms with Gasteiger partial charge in [0.05, 0.1) is 6.61 Å². The number of ether oxygens (including phenoxy) is 1. The molecule has 0 saturated carbocycles. The number of likely N-dealkylation sites (N-methyl/N-ethyl adjacent to an activating group) is 1. The van der Waals surface area contributed by atoms with E-state index in [4.69, 9.17) is 17.0 Å². The smallest absolute Gasteiger partial charge is 0.166 e. The molecule has 0 aromatic carbocycles. The van der Waals surface area contributed by atoms with Gasteiger partial charge in [-0.2, -0.15) is 0 Å². The Morgan fingerprint density at radius 3 is 2.56 bits per heavy atom. The summed E-state index contributed by atoms with van der Waals surface area (Å²) in [5, 5.41) is 7.12. The van der Waals surface area contributed by atoms with Crippen LogP contribution in [0.3, 0.4) is 0 Å². The molecule has 0 unspecified atom stereocenters. The van der Waals surface area contributed by atoms with Crippen molar-refractivity contribution in [1.29, 1.82) is 0 Å². The van der Waals surface area contributed by atoms with Crippen LogP contribution in [-0.2, 0) is 4.74 Å². The SMILES string of the molecule is CCCCNC(=S)NCCN(C)CCOC. The molecule has 0 atom stereocenters. The molecule has 0 bridgehead atoms. The lowest BCUT2D eigenvalue weighted by atomic mass is 10.3. The fourth-order valence-electron chi connectivity index (χ4n) is 1.16. The Hall–Kier alpha value is -0.390. The van der Waals surface area contributed by atoms with Crippen LogP contribution in [0.1, 0.15) is 19.8 Å². The third-order valence-electron chi connectivity index (χ3n) is 2.27. The van der Waals surface area contributed by atoms with E-state index in [2.05, 4.69) is 29.5 Å². The number of hydrogen-bond acceptors (Lipinski definition) is 3. The minimum Gasteiger partial charge on any atom is -0.383 e. The van der Waals surface area contributed by atoms with E-state index in [0.29, 0.717) is 0 Å². The first-order valence-corrected chi connectivity index (χ1v) is 6.30. The normalized spacial score (nSPS) is 10.5. The fraction of sp³-hybridized carbons (Fsp3) is 0.909. The van der Waals surface area contributed by atoms with Crippen molar-refractivity contribution in [2.24, 2.45) is 0 Å². The average molecular weight is 247 g/mol. The number of nitrogens with one attached hydrogen (secondary N) is 2. The maximum Gasteiger partial charge on any atom is 0.166 e. The summed E-state index contributed by atoms with van der Waals surface area (Å²) in [5.74, 6) is 0. The molecule has 0 aromatic heterocycles. The van der Waals surface area contributed by atoms with Crippen LogP contribution >= 0.6 is 12.2 Å².